The first-order valence-electron chi connectivity index (χ1n) is 6.98. The smallest absolute Gasteiger partial charge is 0.271 e. The fraction of sp³-hybridized carbons (Fsp3) is 0.188. The average Bonchev–Trinajstić information content (AvgIpc) is 2.55. The highest BCUT2D eigenvalue weighted by Crippen LogP contribution is 2.27. The number of non-ortho nitro benzene ring substituents is 1. The van der Waals surface area contributed by atoms with Crippen molar-refractivity contribution in [1.29, 1.82) is 0 Å². The lowest BCUT2D eigenvalue weighted by Gasteiger charge is -2.09. The van der Waals surface area contributed by atoms with E-state index in [0.29, 0.717) is 5.75 Å². The van der Waals surface area contributed by atoms with Gasteiger partial charge in [0.1, 0.15) is 11.5 Å². The number of carbonyl (C=O) groups is 1. The number of phenolic OH excluding ortho intramolecular Hbond substituents is 1. The molecule has 23 heavy (non-hydrogen) atoms. The molecule has 7 nitrogen and oxygen atoms in total. The molecule has 0 aliphatic carbocycles. The van der Waals surface area contributed by atoms with Crippen molar-refractivity contribution in [2.24, 2.45) is 0 Å². The number of anilines is 1. The summed E-state index contributed by atoms with van der Waals surface area (Å²) in [4.78, 5) is 21.9. The maximum absolute atomic E-state index is 11.8. The van der Waals surface area contributed by atoms with Crippen LogP contribution >= 0.6 is 0 Å². The zero-order valence-corrected chi connectivity index (χ0v) is 12.5. The zero-order valence-electron chi connectivity index (χ0n) is 12.5. The summed E-state index contributed by atoms with van der Waals surface area (Å²) in [5.74, 6) is -0.239. The van der Waals surface area contributed by atoms with E-state index in [9.17, 15) is 20.0 Å². The van der Waals surface area contributed by atoms with Crippen LogP contribution in [0.4, 0.5) is 11.4 Å². The molecule has 7 heteroatoms. The number of hydrogen-bond donors (Lipinski definition) is 2. The molecule has 0 aromatic heterocycles. The number of aromatic hydroxyl groups is 1. The van der Waals surface area contributed by atoms with Gasteiger partial charge in [0.25, 0.3) is 11.6 Å². The summed E-state index contributed by atoms with van der Waals surface area (Å²) in [5, 5.41) is 22.7. The summed E-state index contributed by atoms with van der Waals surface area (Å²) >= 11 is 0. The van der Waals surface area contributed by atoms with Crippen LogP contribution in [0.15, 0.2) is 42.5 Å². The number of nitrogens with one attached hydrogen (secondary N) is 1. The number of nitro benzene ring substituents is 1. The Morgan fingerprint density at radius 2 is 1.96 bits per heavy atom. The number of ether oxygens (including phenoxy) is 1. The molecule has 0 bridgehead atoms. The number of carbonyl (C=O) groups excluding carboxylic acids is 1. The van der Waals surface area contributed by atoms with Gasteiger partial charge in [0, 0.05) is 12.1 Å². The summed E-state index contributed by atoms with van der Waals surface area (Å²) in [6, 6.07) is 10.7. The molecule has 0 saturated carbocycles. The Kier molecular flexibility index (Phi) is 5.14. The minimum atomic E-state index is -0.610. The van der Waals surface area contributed by atoms with Gasteiger partial charge in [-0.1, -0.05) is 19.1 Å². The van der Waals surface area contributed by atoms with Gasteiger partial charge in [0.05, 0.1) is 10.6 Å². The molecule has 0 aliphatic heterocycles. The maximum Gasteiger partial charge on any atom is 0.271 e. The Morgan fingerprint density at radius 3 is 2.57 bits per heavy atom. The molecule has 0 fully saturated rings. The first kappa shape index (κ1) is 16.3. The molecule has 0 saturated heterocycles. The van der Waals surface area contributed by atoms with Crippen molar-refractivity contribution < 1.29 is 19.6 Å². The molecular formula is C16H16N2O5. The van der Waals surface area contributed by atoms with Gasteiger partial charge >= 0.3 is 0 Å². The highest BCUT2D eigenvalue weighted by molar-refractivity contribution is 5.93. The molecule has 0 atom stereocenters. The first-order valence-corrected chi connectivity index (χ1v) is 6.98. The number of phenols is 1. The molecule has 0 radical (unpaired) electrons. The zero-order chi connectivity index (χ0) is 16.8. The van der Waals surface area contributed by atoms with Crippen LogP contribution in [0.5, 0.6) is 11.5 Å². The van der Waals surface area contributed by atoms with Gasteiger partial charge in [-0.05, 0) is 30.2 Å². The Bertz CT molecular complexity index is 713. The standard InChI is InChI=1S/C16H16N2O5/c1-2-11-3-6-13(7-4-11)23-10-16(20)17-14-9-12(18(21)22)5-8-15(14)19/h3-9,19H,2,10H2,1H3,(H,17,20). The monoisotopic (exact) mass is 316 g/mol. The Morgan fingerprint density at radius 1 is 1.26 bits per heavy atom. The lowest BCUT2D eigenvalue weighted by molar-refractivity contribution is -0.384. The SMILES string of the molecule is CCc1ccc(OCC(=O)Nc2cc([N+](=O)[O-])ccc2O)cc1. The number of benzene rings is 2. The van der Waals surface area contributed by atoms with Gasteiger partial charge < -0.3 is 15.2 Å². The van der Waals surface area contributed by atoms with Crippen molar-refractivity contribution in [2.75, 3.05) is 11.9 Å². The van der Waals surface area contributed by atoms with E-state index in [-0.39, 0.29) is 23.7 Å². The average molecular weight is 316 g/mol. The van der Waals surface area contributed by atoms with Crippen LogP contribution in [0.25, 0.3) is 0 Å². The van der Waals surface area contributed by atoms with Gasteiger partial charge in [-0.3, -0.25) is 14.9 Å². The van der Waals surface area contributed by atoms with Crippen molar-refractivity contribution in [3.63, 3.8) is 0 Å². The molecule has 0 heterocycles. The minimum absolute atomic E-state index is 0.0332. The van der Waals surface area contributed by atoms with E-state index in [4.69, 9.17) is 4.74 Å². The first-order chi connectivity index (χ1) is 11.0. The van der Waals surface area contributed by atoms with Gasteiger partial charge in [0.15, 0.2) is 6.61 Å². The van der Waals surface area contributed by atoms with Crippen LogP contribution in [0, 0.1) is 10.1 Å². The van der Waals surface area contributed by atoms with Gasteiger partial charge in [-0.15, -0.1) is 0 Å². The van der Waals surface area contributed by atoms with Crippen molar-refractivity contribution in [1.82, 2.24) is 0 Å². The molecule has 2 aromatic carbocycles. The van der Waals surface area contributed by atoms with E-state index < -0.39 is 10.8 Å². The van der Waals surface area contributed by atoms with E-state index in [1.54, 1.807) is 12.1 Å². The van der Waals surface area contributed by atoms with Crippen molar-refractivity contribution >= 4 is 17.3 Å². The third-order valence-electron chi connectivity index (χ3n) is 3.17. The van der Waals surface area contributed by atoms with Crippen LogP contribution in [-0.2, 0) is 11.2 Å². The summed E-state index contributed by atoms with van der Waals surface area (Å²) in [5.41, 5.74) is 0.895. The van der Waals surface area contributed by atoms with Crippen molar-refractivity contribution in [2.45, 2.75) is 13.3 Å². The predicted molar refractivity (Wildman–Crippen MR) is 84.7 cm³/mol. The van der Waals surface area contributed by atoms with Gasteiger partial charge in [-0.2, -0.15) is 0 Å². The molecule has 0 spiro atoms. The largest absolute Gasteiger partial charge is 0.506 e. The Hall–Kier alpha value is -3.09. The van der Waals surface area contributed by atoms with Crippen LogP contribution < -0.4 is 10.1 Å². The maximum atomic E-state index is 11.8. The Labute approximate surface area is 132 Å². The summed E-state index contributed by atoms with van der Waals surface area (Å²) < 4.78 is 5.33. The molecular weight excluding hydrogens is 300 g/mol. The van der Waals surface area contributed by atoms with Gasteiger partial charge in [0.2, 0.25) is 0 Å². The van der Waals surface area contributed by atoms with Crippen molar-refractivity contribution in [3.05, 3.63) is 58.1 Å². The van der Waals surface area contributed by atoms with Crippen LogP contribution in [0.2, 0.25) is 0 Å². The summed E-state index contributed by atoms with van der Waals surface area (Å²) in [6.07, 6.45) is 0.910. The number of nitro groups is 1. The minimum Gasteiger partial charge on any atom is -0.506 e. The lowest BCUT2D eigenvalue weighted by atomic mass is 10.2. The van der Waals surface area contributed by atoms with E-state index in [1.165, 1.54) is 0 Å². The number of amides is 1. The summed E-state index contributed by atoms with van der Waals surface area (Å²) in [6.45, 7) is 1.77. The van der Waals surface area contributed by atoms with E-state index in [0.717, 1.165) is 30.2 Å². The molecule has 2 aromatic rings. The van der Waals surface area contributed by atoms with Crippen LogP contribution in [-0.4, -0.2) is 22.5 Å². The fourth-order valence-corrected chi connectivity index (χ4v) is 1.89. The molecule has 0 aliphatic rings. The highest BCUT2D eigenvalue weighted by atomic mass is 16.6. The van der Waals surface area contributed by atoms with Crippen LogP contribution in [0.3, 0.4) is 0 Å². The topological polar surface area (TPSA) is 102 Å². The number of rotatable bonds is 6. The lowest BCUT2D eigenvalue weighted by Crippen LogP contribution is -2.20. The number of aryl methyl sites for hydroxylation is 1. The van der Waals surface area contributed by atoms with E-state index >= 15 is 0 Å². The summed E-state index contributed by atoms with van der Waals surface area (Å²) in [7, 11) is 0. The number of hydrogen-bond acceptors (Lipinski definition) is 5. The second kappa shape index (κ2) is 7.26. The molecule has 120 valence electrons. The second-order valence-corrected chi connectivity index (χ2v) is 4.79. The third-order valence-corrected chi connectivity index (χ3v) is 3.17. The van der Waals surface area contributed by atoms with Crippen LogP contribution in [0.1, 0.15) is 12.5 Å². The van der Waals surface area contributed by atoms with Gasteiger partial charge in [-0.25, -0.2) is 0 Å². The second-order valence-electron chi connectivity index (χ2n) is 4.79. The van der Waals surface area contributed by atoms with E-state index in [1.807, 2.05) is 19.1 Å². The molecule has 2 N–H and O–H groups in total. The molecule has 2 rings (SSSR count). The highest BCUT2D eigenvalue weighted by Gasteiger charge is 2.13. The number of nitrogens with zero attached hydrogens (tertiary/aromatic N) is 1. The third kappa shape index (κ3) is 4.44. The fourth-order valence-electron chi connectivity index (χ4n) is 1.89. The van der Waals surface area contributed by atoms with E-state index in [2.05, 4.69) is 5.32 Å². The van der Waals surface area contributed by atoms with Crippen molar-refractivity contribution in [3.8, 4) is 11.5 Å². The molecule has 1 amide bonds. The molecule has 0 unspecified atom stereocenters. The predicted octanol–water partition coefficient (Wildman–Crippen LogP) is 2.88. The normalized spacial score (nSPS) is 10.1. The Balaban J connectivity index is 1.96. The quantitative estimate of drug-likeness (QED) is 0.485.